The summed E-state index contributed by atoms with van der Waals surface area (Å²) in [4.78, 5) is 17.5. The highest BCUT2D eigenvalue weighted by Crippen LogP contribution is 2.31. The maximum Gasteiger partial charge on any atom is 0.251 e. The summed E-state index contributed by atoms with van der Waals surface area (Å²) in [6.07, 6.45) is 3.48. The lowest BCUT2D eigenvalue weighted by Gasteiger charge is -2.22. The molecule has 1 amide bonds. The standard InChI is InChI=1S/C24H27N5O2/c1-24(2,3)28-22-21(19-8-5-11-31-19)27-20-13-18(9-10-29(20)22)23(30)26-15-17-7-4-6-16(12-17)14-25/h4-13,28H,14-15,25H2,1-3H3,(H,26,30). The number of hydrogen-bond donors (Lipinski definition) is 3. The molecule has 7 nitrogen and oxygen atoms in total. The molecule has 0 aliphatic heterocycles. The molecule has 0 radical (unpaired) electrons. The molecule has 0 saturated carbocycles. The molecule has 160 valence electrons. The van der Waals surface area contributed by atoms with Crippen molar-refractivity contribution in [1.82, 2.24) is 14.7 Å². The topological polar surface area (TPSA) is 97.6 Å². The molecular formula is C24H27N5O2. The third-order valence-electron chi connectivity index (χ3n) is 4.82. The molecule has 0 unspecified atom stereocenters. The number of pyridine rings is 1. The third-order valence-corrected chi connectivity index (χ3v) is 4.82. The van der Waals surface area contributed by atoms with Crippen LogP contribution in [0, 0.1) is 0 Å². The van der Waals surface area contributed by atoms with Gasteiger partial charge in [0.1, 0.15) is 17.2 Å². The quantitative estimate of drug-likeness (QED) is 0.437. The number of nitrogens with zero attached hydrogens (tertiary/aromatic N) is 2. The van der Waals surface area contributed by atoms with E-state index in [1.165, 1.54) is 0 Å². The van der Waals surface area contributed by atoms with Gasteiger partial charge in [0.05, 0.1) is 6.26 Å². The first-order chi connectivity index (χ1) is 14.8. The molecule has 4 rings (SSSR count). The van der Waals surface area contributed by atoms with E-state index >= 15 is 0 Å². The fourth-order valence-electron chi connectivity index (χ4n) is 3.40. The predicted molar refractivity (Wildman–Crippen MR) is 122 cm³/mol. The SMILES string of the molecule is CC(C)(C)Nc1c(-c2ccco2)nc2cc(C(=O)NCc3cccc(CN)c3)ccn12. The molecule has 4 N–H and O–H groups in total. The van der Waals surface area contributed by atoms with Gasteiger partial charge in [-0.25, -0.2) is 4.98 Å². The molecule has 31 heavy (non-hydrogen) atoms. The number of fused-ring (bicyclic) bond motifs is 1. The van der Waals surface area contributed by atoms with Crippen molar-refractivity contribution in [2.45, 2.75) is 39.4 Å². The zero-order valence-corrected chi connectivity index (χ0v) is 18.0. The highest BCUT2D eigenvalue weighted by Gasteiger charge is 2.21. The minimum atomic E-state index is -0.175. The van der Waals surface area contributed by atoms with Gasteiger partial charge in [-0.2, -0.15) is 0 Å². The Kier molecular flexibility index (Phi) is 5.52. The lowest BCUT2D eigenvalue weighted by Crippen LogP contribution is -2.27. The molecule has 0 bridgehead atoms. The van der Waals surface area contributed by atoms with Crippen molar-refractivity contribution < 1.29 is 9.21 Å². The van der Waals surface area contributed by atoms with Crippen LogP contribution in [0.5, 0.6) is 0 Å². The van der Waals surface area contributed by atoms with E-state index < -0.39 is 0 Å². The highest BCUT2D eigenvalue weighted by atomic mass is 16.3. The molecule has 7 heteroatoms. The van der Waals surface area contributed by atoms with Crippen molar-refractivity contribution in [3.63, 3.8) is 0 Å². The second-order valence-corrected chi connectivity index (χ2v) is 8.51. The van der Waals surface area contributed by atoms with Crippen molar-refractivity contribution in [2.75, 3.05) is 5.32 Å². The van der Waals surface area contributed by atoms with Gasteiger partial charge < -0.3 is 20.8 Å². The monoisotopic (exact) mass is 417 g/mol. The molecule has 0 atom stereocenters. The van der Waals surface area contributed by atoms with Crippen molar-refractivity contribution in [2.24, 2.45) is 5.73 Å². The van der Waals surface area contributed by atoms with E-state index in [2.05, 4.69) is 31.4 Å². The summed E-state index contributed by atoms with van der Waals surface area (Å²) >= 11 is 0. The van der Waals surface area contributed by atoms with E-state index in [0.717, 1.165) is 16.9 Å². The Bertz CT molecular complexity index is 1200. The van der Waals surface area contributed by atoms with Crippen molar-refractivity contribution in [3.05, 3.63) is 77.7 Å². The van der Waals surface area contributed by atoms with Crippen LogP contribution in [-0.4, -0.2) is 20.8 Å². The fraction of sp³-hybridized carbons (Fsp3) is 0.250. The average molecular weight is 418 g/mol. The Morgan fingerprint density at radius 2 is 1.94 bits per heavy atom. The number of furan rings is 1. The van der Waals surface area contributed by atoms with Crippen LogP contribution >= 0.6 is 0 Å². The van der Waals surface area contributed by atoms with Gasteiger partial charge in [-0.1, -0.05) is 24.3 Å². The Balaban J connectivity index is 1.62. The summed E-state index contributed by atoms with van der Waals surface area (Å²) in [5.74, 6) is 1.33. The summed E-state index contributed by atoms with van der Waals surface area (Å²) in [5.41, 5.74) is 9.48. The number of nitrogens with two attached hydrogens (primary N) is 1. The van der Waals surface area contributed by atoms with Crippen LogP contribution in [-0.2, 0) is 13.1 Å². The number of rotatable bonds is 6. The number of aromatic nitrogens is 2. The van der Waals surface area contributed by atoms with Crippen molar-refractivity contribution in [3.8, 4) is 11.5 Å². The molecule has 0 fully saturated rings. The van der Waals surface area contributed by atoms with Gasteiger partial charge in [-0.05, 0) is 56.2 Å². The predicted octanol–water partition coefficient (Wildman–Crippen LogP) is 4.19. The molecule has 0 aliphatic rings. The molecule has 3 heterocycles. The van der Waals surface area contributed by atoms with Gasteiger partial charge in [-0.3, -0.25) is 9.20 Å². The molecule has 0 saturated heterocycles. The normalized spacial score (nSPS) is 11.6. The van der Waals surface area contributed by atoms with E-state index in [1.807, 2.05) is 47.0 Å². The van der Waals surface area contributed by atoms with Crippen molar-refractivity contribution >= 4 is 17.4 Å². The molecular weight excluding hydrogens is 390 g/mol. The summed E-state index contributed by atoms with van der Waals surface area (Å²) in [5, 5.41) is 6.46. The minimum absolute atomic E-state index is 0.159. The number of benzene rings is 1. The number of amides is 1. The van der Waals surface area contributed by atoms with E-state index in [-0.39, 0.29) is 11.4 Å². The van der Waals surface area contributed by atoms with Crippen LogP contribution in [0.1, 0.15) is 42.3 Å². The maximum absolute atomic E-state index is 12.8. The molecule has 1 aromatic carbocycles. The second kappa shape index (κ2) is 8.28. The highest BCUT2D eigenvalue weighted by molar-refractivity contribution is 5.95. The van der Waals surface area contributed by atoms with Crippen LogP contribution in [0.4, 0.5) is 5.82 Å². The van der Waals surface area contributed by atoms with Crippen LogP contribution < -0.4 is 16.4 Å². The first-order valence-electron chi connectivity index (χ1n) is 10.2. The fourth-order valence-corrected chi connectivity index (χ4v) is 3.40. The first-order valence-corrected chi connectivity index (χ1v) is 10.2. The average Bonchev–Trinajstić information content (AvgIpc) is 3.39. The van der Waals surface area contributed by atoms with Gasteiger partial charge in [-0.15, -0.1) is 0 Å². The zero-order valence-electron chi connectivity index (χ0n) is 18.0. The van der Waals surface area contributed by atoms with E-state index in [1.54, 1.807) is 18.4 Å². The largest absolute Gasteiger partial charge is 0.463 e. The Morgan fingerprint density at radius 3 is 2.65 bits per heavy atom. The Morgan fingerprint density at radius 1 is 1.13 bits per heavy atom. The number of carbonyl (C=O) groups excluding carboxylic acids is 1. The number of nitrogens with one attached hydrogen (secondary N) is 2. The van der Waals surface area contributed by atoms with Gasteiger partial charge in [0.2, 0.25) is 0 Å². The van der Waals surface area contributed by atoms with Crippen LogP contribution in [0.2, 0.25) is 0 Å². The van der Waals surface area contributed by atoms with Gasteiger partial charge in [0.25, 0.3) is 5.91 Å². The number of carbonyl (C=O) groups is 1. The van der Waals surface area contributed by atoms with Crippen LogP contribution in [0.3, 0.4) is 0 Å². The Labute approximate surface area is 181 Å². The smallest absolute Gasteiger partial charge is 0.251 e. The number of imidazole rings is 1. The number of hydrogen-bond acceptors (Lipinski definition) is 5. The van der Waals surface area contributed by atoms with Crippen LogP contribution in [0.25, 0.3) is 17.1 Å². The third kappa shape index (κ3) is 4.62. The van der Waals surface area contributed by atoms with E-state index in [4.69, 9.17) is 15.1 Å². The lowest BCUT2D eigenvalue weighted by molar-refractivity contribution is 0.0951. The zero-order chi connectivity index (χ0) is 22.0. The summed E-state index contributed by atoms with van der Waals surface area (Å²) in [6.45, 7) is 7.15. The maximum atomic E-state index is 12.8. The van der Waals surface area contributed by atoms with Gasteiger partial charge in [0, 0.05) is 30.4 Å². The van der Waals surface area contributed by atoms with Crippen molar-refractivity contribution in [1.29, 1.82) is 0 Å². The first kappa shape index (κ1) is 20.7. The summed E-state index contributed by atoms with van der Waals surface area (Å²) in [6, 6.07) is 15.2. The van der Waals surface area contributed by atoms with E-state index in [9.17, 15) is 4.79 Å². The molecule has 0 aliphatic carbocycles. The van der Waals surface area contributed by atoms with Gasteiger partial charge in [0.15, 0.2) is 5.76 Å². The number of anilines is 1. The van der Waals surface area contributed by atoms with Gasteiger partial charge >= 0.3 is 0 Å². The molecule has 3 aromatic heterocycles. The summed E-state index contributed by atoms with van der Waals surface area (Å²) < 4.78 is 7.52. The summed E-state index contributed by atoms with van der Waals surface area (Å²) in [7, 11) is 0. The van der Waals surface area contributed by atoms with Crippen LogP contribution in [0.15, 0.2) is 65.4 Å². The van der Waals surface area contributed by atoms with E-state index in [0.29, 0.717) is 35.8 Å². The lowest BCUT2D eigenvalue weighted by atomic mass is 10.1. The minimum Gasteiger partial charge on any atom is -0.463 e. The molecule has 4 aromatic rings. The molecule has 0 spiro atoms. The Hall–Kier alpha value is -3.58. The second-order valence-electron chi connectivity index (χ2n) is 8.51.